The zero-order valence-electron chi connectivity index (χ0n) is 11.0. The number of hydrogen-bond donors (Lipinski definition) is 1. The van der Waals surface area contributed by atoms with Crippen molar-refractivity contribution >= 4 is 27.3 Å². The van der Waals surface area contributed by atoms with Crippen LogP contribution in [-0.4, -0.2) is 0 Å². The van der Waals surface area contributed by atoms with E-state index in [2.05, 4.69) is 61.0 Å². The Labute approximate surface area is 121 Å². The predicted octanol–water partition coefficient (Wildman–Crippen LogP) is 4.68. The number of nitrogens with two attached hydrogens (primary N) is 1. The minimum Gasteiger partial charge on any atom is -0.323 e. The molecule has 0 amide bonds. The van der Waals surface area contributed by atoms with Crippen molar-refractivity contribution in [2.24, 2.45) is 5.73 Å². The fraction of sp³-hybridized carbons (Fsp3) is 0.333. The first kappa shape index (κ1) is 13.8. The van der Waals surface area contributed by atoms with E-state index in [9.17, 15) is 0 Å². The molecule has 0 aliphatic carbocycles. The summed E-state index contributed by atoms with van der Waals surface area (Å²) in [7, 11) is 0. The quantitative estimate of drug-likeness (QED) is 0.872. The van der Waals surface area contributed by atoms with E-state index in [1.165, 1.54) is 30.9 Å². The highest BCUT2D eigenvalue weighted by molar-refractivity contribution is 9.11. The van der Waals surface area contributed by atoms with Crippen molar-refractivity contribution in [3.05, 3.63) is 55.2 Å². The van der Waals surface area contributed by atoms with E-state index in [1.807, 2.05) is 0 Å². The van der Waals surface area contributed by atoms with Crippen molar-refractivity contribution in [3.8, 4) is 0 Å². The molecule has 0 radical (unpaired) electrons. The summed E-state index contributed by atoms with van der Waals surface area (Å²) in [5, 5.41) is 0. The number of aryl methyl sites for hydroxylation is 3. The first-order chi connectivity index (χ1) is 8.47. The molecule has 0 saturated carbocycles. The molecular formula is C15H18BrNS. The van der Waals surface area contributed by atoms with Gasteiger partial charge in [-0.15, -0.1) is 11.3 Å². The van der Waals surface area contributed by atoms with Crippen molar-refractivity contribution in [1.82, 2.24) is 0 Å². The lowest BCUT2D eigenvalue weighted by atomic mass is 10.0. The second-order valence-corrected chi connectivity index (χ2v) is 7.24. The summed E-state index contributed by atoms with van der Waals surface area (Å²) < 4.78 is 1.19. The highest BCUT2D eigenvalue weighted by Crippen LogP contribution is 2.31. The van der Waals surface area contributed by atoms with Crippen LogP contribution in [0.5, 0.6) is 0 Å². The summed E-state index contributed by atoms with van der Waals surface area (Å²) in [6.07, 6.45) is 0.896. The minimum atomic E-state index is 0.0853. The van der Waals surface area contributed by atoms with Crippen molar-refractivity contribution in [2.45, 2.75) is 33.2 Å². The summed E-state index contributed by atoms with van der Waals surface area (Å²) in [6.45, 7) is 6.39. The molecule has 1 aromatic carbocycles. The number of hydrogen-bond acceptors (Lipinski definition) is 2. The highest BCUT2D eigenvalue weighted by atomic mass is 79.9. The lowest BCUT2D eigenvalue weighted by Crippen LogP contribution is -2.11. The third-order valence-electron chi connectivity index (χ3n) is 3.27. The van der Waals surface area contributed by atoms with Crippen LogP contribution in [0.2, 0.25) is 0 Å². The average molecular weight is 324 g/mol. The molecule has 1 atom stereocenters. The van der Waals surface area contributed by atoms with Crippen LogP contribution in [0.1, 0.15) is 33.2 Å². The predicted molar refractivity (Wildman–Crippen MR) is 83.3 cm³/mol. The molecule has 0 saturated heterocycles. The first-order valence-electron chi connectivity index (χ1n) is 6.05. The average Bonchev–Trinajstić information content (AvgIpc) is 2.65. The van der Waals surface area contributed by atoms with Crippen molar-refractivity contribution in [1.29, 1.82) is 0 Å². The molecule has 2 aromatic rings. The van der Waals surface area contributed by atoms with Crippen LogP contribution in [0.4, 0.5) is 0 Å². The van der Waals surface area contributed by atoms with Crippen molar-refractivity contribution in [3.63, 3.8) is 0 Å². The number of thiophene rings is 1. The molecule has 2 N–H and O–H groups in total. The van der Waals surface area contributed by atoms with Gasteiger partial charge in [-0.1, -0.05) is 18.2 Å². The van der Waals surface area contributed by atoms with Gasteiger partial charge in [0, 0.05) is 10.9 Å². The van der Waals surface area contributed by atoms with Crippen molar-refractivity contribution < 1.29 is 0 Å². The Morgan fingerprint density at radius 3 is 2.39 bits per heavy atom. The molecule has 3 heteroatoms. The maximum atomic E-state index is 6.29. The van der Waals surface area contributed by atoms with Gasteiger partial charge in [0.05, 0.1) is 3.79 Å². The second kappa shape index (κ2) is 5.55. The summed E-state index contributed by atoms with van der Waals surface area (Å²) in [5.41, 5.74) is 11.5. The molecule has 1 heterocycles. The van der Waals surface area contributed by atoms with Gasteiger partial charge in [-0.25, -0.2) is 0 Å². The minimum absolute atomic E-state index is 0.0853. The van der Waals surface area contributed by atoms with Crippen LogP contribution >= 0.6 is 27.3 Å². The van der Waals surface area contributed by atoms with E-state index < -0.39 is 0 Å². The molecule has 0 aliphatic heterocycles. The standard InChI is InChI=1S/C15H18BrNS/c1-9-4-5-12(6-10(9)2)8-13(17)14-7-11(3)15(16)18-14/h4-7,13H,8,17H2,1-3H3. The van der Waals surface area contributed by atoms with Gasteiger partial charge in [-0.3, -0.25) is 0 Å². The van der Waals surface area contributed by atoms with Crippen molar-refractivity contribution in [2.75, 3.05) is 0 Å². The molecule has 0 aliphatic rings. The lowest BCUT2D eigenvalue weighted by Gasteiger charge is -2.11. The fourth-order valence-corrected chi connectivity index (χ4v) is 3.52. The maximum Gasteiger partial charge on any atom is 0.0731 e. The van der Waals surface area contributed by atoms with E-state index in [-0.39, 0.29) is 6.04 Å². The smallest absolute Gasteiger partial charge is 0.0731 e. The Morgan fingerprint density at radius 2 is 1.83 bits per heavy atom. The Bertz CT molecular complexity index is 540. The van der Waals surface area contributed by atoms with Crippen LogP contribution in [0.3, 0.4) is 0 Å². The monoisotopic (exact) mass is 323 g/mol. The molecule has 0 spiro atoms. The van der Waals surface area contributed by atoms with E-state index in [0.717, 1.165) is 6.42 Å². The molecule has 1 nitrogen and oxygen atoms in total. The molecule has 1 unspecified atom stereocenters. The zero-order chi connectivity index (χ0) is 13.3. The summed E-state index contributed by atoms with van der Waals surface area (Å²) in [4.78, 5) is 1.25. The van der Waals surface area contributed by atoms with E-state index in [4.69, 9.17) is 5.73 Å². The third-order valence-corrected chi connectivity index (χ3v) is 5.54. The SMILES string of the molecule is Cc1ccc(CC(N)c2cc(C)c(Br)s2)cc1C. The maximum absolute atomic E-state index is 6.29. The van der Waals surface area contributed by atoms with Crippen LogP contribution in [0.15, 0.2) is 28.1 Å². The Hall–Kier alpha value is -0.640. The topological polar surface area (TPSA) is 26.0 Å². The van der Waals surface area contributed by atoms with E-state index >= 15 is 0 Å². The molecule has 18 heavy (non-hydrogen) atoms. The van der Waals surface area contributed by atoms with Crippen LogP contribution < -0.4 is 5.73 Å². The summed E-state index contributed by atoms with van der Waals surface area (Å²) in [6, 6.07) is 8.86. The number of rotatable bonds is 3. The van der Waals surface area contributed by atoms with Gasteiger partial charge in [-0.2, -0.15) is 0 Å². The highest BCUT2D eigenvalue weighted by Gasteiger charge is 2.12. The molecule has 96 valence electrons. The van der Waals surface area contributed by atoms with Gasteiger partial charge in [-0.05, 0) is 71.4 Å². The third kappa shape index (κ3) is 3.02. The second-order valence-electron chi connectivity index (χ2n) is 4.83. The van der Waals surface area contributed by atoms with Gasteiger partial charge in [0.1, 0.15) is 0 Å². The molecule has 0 fully saturated rings. The molecule has 0 bridgehead atoms. The number of benzene rings is 1. The lowest BCUT2D eigenvalue weighted by molar-refractivity contribution is 0.735. The fourth-order valence-electron chi connectivity index (χ4n) is 1.95. The van der Waals surface area contributed by atoms with Gasteiger partial charge >= 0.3 is 0 Å². The Morgan fingerprint density at radius 1 is 1.11 bits per heavy atom. The largest absolute Gasteiger partial charge is 0.323 e. The van der Waals surface area contributed by atoms with Gasteiger partial charge in [0.25, 0.3) is 0 Å². The molecule has 1 aromatic heterocycles. The normalized spacial score (nSPS) is 12.7. The van der Waals surface area contributed by atoms with Crippen LogP contribution in [-0.2, 0) is 6.42 Å². The summed E-state index contributed by atoms with van der Waals surface area (Å²) >= 11 is 5.29. The Balaban J connectivity index is 2.15. The van der Waals surface area contributed by atoms with Crippen LogP contribution in [0.25, 0.3) is 0 Å². The Kier molecular flexibility index (Phi) is 4.25. The number of halogens is 1. The summed E-state index contributed by atoms with van der Waals surface area (Å²) in [5.74, 6) is 0. The molecular weight excluding hydrogens is 306 g/mol. The molecule has 2 rings (SSSR count). The van der Waals surface area contributed by atoms with Gasteiger partial charge in [0.15, 0.2) is 0 Å². The van der Waals surface area contributed by atoms with Crippen LogP contribution in [0, 0.1) is 20.8 Å². The van der Waals surface area contributed by atoms with Gasteiger partial charge < -0.3 is 5.73 Å². The van der Waals surface area contributed by atoms with E-state index in [0.29, 0.717) is 0 Å². The zero-order valence-corrected chi connectivity index (χ0v) is 13.4. The first-order valence-corrected chi connectivity index (χ1v) is 7.66. The van der Waals surface area contributed by atoms with Gasteiger partial charge in [0.2, 0.25) is 0 Å². The van der Waals surface area contributed by atoms with E-state index in [1.54, 1.807) is 11.3 Å².